The third kappa shape index (κ3) is 2.98. The highest BCUT2D eigenvalue weighted by molar-refractivity contribution is 4.96. The van der Waals surface area contributed by atoms with Crippen LogP contribution in [0.3, 0.4) is 0 Å². The van der Waals surface area contributed by atoms with Crippen molar-refractivity contribution in [2.24, 2.45) is 28.9 Å². The fourth-order valence-electron chi connectivity index (χ4n) is 3.23. The van der Waals surface area contributed by atoms with Gasteiger partial charge in [-0.15, -0.1) is 0 Å². The van der Waals surface area contributed by atoms with E-state index >= 15 is 0 Å². The highest BCUT2D eigenvalue weighted by Gasteiger charge is 2.44. The van der Waals surface area contributed by atoms with Crippen molar-refractivity contribution in [1.29, 1.82) is 0 Å². The van der Waals surface area contributed by atoms with Gasteiger partial charge in [0.2, 0.25) is 0 Å². The molecule has 0 aliphatic heterocycles. The molecule has 3 N–H and O–H groups in total. The molecule has 2 nitrogen and oxygen atoms in total. The summed E-state index contributed by atoms with van der Waals surface area (Å²) in [4.78, 5) is 0. The molecule has 2 heteroatoms. The molecule has 2 rings (SSSR count). The van der Waals surface area contributed by atoms with Gasteiger partial charge >= 0.3 is 0 Å². The second-order valence-corrected chi connectivity index (χ2v) is 6.59. The fourth-order valence-corrected chi connectivity index (χ4v) is 3.23. The van der Waals surface area contributed by atoms with Gasteiger partial charge in [-0.05, 0) is 62.1 Å². The number of nitrogens with two attached hydrogens (primary N) is 1. The normalized spacial score (nSPS) is 37.3. The van der Waals surface area contributed by atoms with E-state index in [2.05, 4.69) is 19.2 Å². The van der Waals surface area contributed by atoms with E-state index in [9.17, 15) is 0 Å². The van der Waals surface area contributed by atoms with Crippen LogP contribution in [-0.4, -0.2) is 19.6 Å². The molecular weight excluding hydrogens is 196 g/mol. The minimum atomic E-state index is 0.618. The van der Waals surface area contributed by atoms with Gasteiger partial charge in [-0.2, -0.15) is 0 Å². The average Bonchev–Trinajstić information content (AvgIpc) is 2.87. The van der Waals surface area contributed by atoms with E-state index in [1.807, 2.05) is 0 Å². The van der Waals surface area contributed by atoms with E-state index in [4.69, 9.17) is 5.73 Å². The van der Waals surface area contributed by atoms with Gasteiger partial charge in [0.15, 0.2) is 0 Å². The summed E-state index contributed by atoms with van der Waals surface area (Å²) < 4.78 is 0. The maximum Gasteiger partial charge on any atom is -0.00151 e. The van der Waals surface area contributed by atoms with Crippen LogP contribution in [-0.2, 0) is 0 Å². The topological polar surface area (TPSA) is 38.0 Å². The quantitative estimate of drug-likeness (QED) is 0.752. The van der Waals surface area contributed by atoms with Crippen molar-refractivity contribution >= 4 is 0 Å². The Hall–Kier alpha value is -0.0800. The van der Waals surface area contributed by atoms with Crippen LogP contribution in [0.15, 0.2) is 0 Å². The van der Waals surface area contributed by atoms with E-state index in [1.165, 1.54) is 45.2 Å². The first kappa shape index (κ1) is 12.4. The largest absolute Gasteiger partial charge is 0.330 e. The fraction of sp³-hybridized carbons (Fsp3) is 1.00. The van der Waals surface area contributed by atoms with Crippen LogP contribution in [0.4, 0.5) is 0 Å². The number of hydrogen-bond acceptors (Lipinski definition) is 2. The highest BCUT2D eigenvalue weighted by Crippen LogP contribution is 2.51. The zero-order valence-electron chi connectivity index (χ0n) is 11.0. The Morgan fingerprint density at radius 3 is 2.31 bits per heavy atom. The predicted molar refractivity (Wildman–Crippen MR) is 69.3 cm³/mol. The number of rotatable bonds is 5. The average molecular weight is 224 g/mol. The van der Waals surface area contributed by atoms with Gasteiger partial charge < -0.3 is 11.1 Å². The van der Waals surface area contributed by atoms with Crippen LogP contribution in [0, 0.1) is 23.2 Å². The Morgan fingerprint density at radius 1 is 1.12 bits per heavy atom. The van der Waals surface area contributed by atoms with Crippen molar-refractivity contribution in [2.75, 3.05) is 19.6 Å². The summed E-state index contributed by atoms with van der Waals surface area (Å²) in [7, 11) is 0. The molecule has 16 heavy (non-hydrogen) atoms. The maximum atomic E-state index is 5.85. The first-order valence-electron chi connectivity index (χ1n) is 7.04. The molecular formula is C14H28N2. The van der Waals surface area contributed by atoms with E-state index in [1.54, 1.807) is 0 Å². The molecule has 2 fully saturated rings. The molecule has 0 spiro atoms. The van der Waals surface area contributed by atoms with Crippen molar-refractivity contribution < 1.29 is 0 Å². The number of nitrogens with one attached hydrogen (secondary N) is 1. The van der Waals surface area contributed by atoms with Crippen molar-refractivity contribution in [3.8, 4) is 0 Å². The van der Waals surface area contributed by atoms with Gasteiger partial charge in [0.1, 0.15) is 0 Å². The summed E-state index contributed by atoms with van der Waals surface area (Å²) >= 11 is 0. The van der Waals surface area contributed by atoms with Crippen LogP contribution in [0.1, 0.15) is 46.0 Å². The summed E-state index contributed by atoms with van der Waals surface area (Å²) in [6, 6.07) is 0. The summed E-state index contributed by atoms with van der Waals surface area (Å²) in [5.41, 5.74) is 6.47. The first-order chi connectivity index (χ1) is 7.63. The van der Waals surface area contributed by atoms with Crippen molar-refractivity contribution in [2.45, 2.75) is 46.0 Å². The second kappa shape index (κ2) is 5.05. The van der Waals surface area contributed by atoms with E-state index in [-0.39, 0.29) is 0 Å². The highest BCUT2D eigenvalue weighted by atomic mass is 14.9. The van der Waals surface area contributed by atoms with Gasteiger partial charge in [-0.1, -0.05) is 26.7 Å². The van der Waals surface area contributed by atoms with E-state index in [0.717, 1.165) is 24.3 Å². The Kier molecular flexibility index (Phi) is 3.91. The molecule has 2 aliphatic rings. The molecule has 3 atom stereocenters. The Bertz CT molecular complexity index is 225. The molecule has 0 radical (unpaired) electrons. The van der Waals surface area contributed by atoms with Crippen LogP contribution in [0.2, 0.25) is 0 Å². The smallest absolute Gasteiger partial charge is 0.00151 e. The van der Waals surface area contributed by atoms with Crippen LogP contribution in [0.25, 0.3) is 0 Å². The van der Waals surface area contributed by atoms with Crippen molar-refractivity contribution in [1.82, 2.24) is 5.32 Å². The molecule has 2 saturated carbocycles. The molecule has 2 aliphatic carbocycles. The van der Waals surface area contributed by atoms with E-state index in [0.29, 0.717) is 5.41 Å². The molecule has 0 amide bonds. The zero-order chi connectivity index (χ0) is 11.6. The van der Waals surface area contributed by atoms with Crippen LogP contribution < -0.4 is 11.1 Å². The van der Waals surface area contributed by atoms with Crippen LogP contribution >= 0.6 is 0 Å². The first-order valence-corrected chi connectivity index (χ1v) is 7.04. The lowest BCUT2D eigenvalue weighted by Crippen LogP contribution is -2.35. The minimum Gasteiger partial charge on any atom is -0.330 e. The standard InChI is InChI=1S/C14H28N2/c1-14(2)7-13(14)10-16-9-12-6-4-3-5-11(12)8-15/h11-13,16H,3-10,15H2,1-2H3. The molecule has 94 valence electrons. The van der Waals surface area contributed by atoms with Crippen LogP contribution in [0.5, 0.6) is 0 Å². The lowest BCUT2D eigenvalue weighted by molar-refractivity contribution is 0.234. The second-order valence-electron chi connectivity index (χ2n) is 6.59. The lowest BCUT2D eigenvalue weighted by atomic mass is 9.79. The SMILES string of the molecule is CC1(C)CC1CNCC1CCCCC1CN. The molecule has 0 aromatic carbocycles. The van der Waals surface area contributed by atoms with Gasteiger partial charge in [0, 0.05) is 0 Å². The van der Waals surface area contributed by atoms with Gasteiger partial charge in [0.25, 0.3) is 0 Å². The van der Waals surface area contributed by atoms with Gasteiger partial charge in [-0.3, -0.25) is 0 Å². The summed E-state index contributed by atoms with van der Waals surface area (Å²) in [6.07, 6.45) is 6.97. The zero-order valence-corrected chi connectivity index (χ0v) is 11.0. The molecule has 0 aromatic heterocycles. The molecule has 0 heterocycles. The summed E-state index contributed by atoms with van der Waals surface area (Å²) in [6.45, 7) is 8.07. The minimum absolute atomic E-state index is 0.618. The Morgan fingerprint density at radius 2 is 1.75 bits per heavy atom. The molecule has 0 saturated heterocycles. The van der Waals surface area contributed by atoms with E-state index < -0.39 is 0 Å². The monoisotopic (exact) mass is 224 g/mol. The van der Waals surface area contributed by atoms with Crippen molar-refractivity contribution in [3.63, 3.8) is 0 Å². The Balaban J connectivity index is 1.64. The third-order valence-corrected chi connectivity index (χ3v) is 4.88. The predicted octanol–water partition coefficient (Wildman–Crippen LogP) is 2.39. The van der Waals surface area contributed by atoms with Gasteiger partial charge in [-0.25, -0.2) is 0 Å². The molecule has 3 unspecified atom stereocenters. The van der Waals surface area contributed by atoms with Crippen molar-refractivity contribution in [3.05, 3.63) is 0 Å². The lowest BCUT2D eigenvalue weighted by Gasteiger charge is -2.30. The number of hydrogen-bond donors (Lipinski definition) is 2. The third-order valence-electron chi connectivity index (χ3n) is 4.88. The summed E-state index contributed by atoms with van der Waals surface area (Å²) in [5, 5.41) is 3.68. The molecule has 0 aromatic rings. The van der Waals surface area contributed by atoms with Gasteiger partial charge in [0.05, 0.1) is 0 Å². The Labute approximate surface area is 100 Å². The summed E-state index contributed by atoms with van der Waals surface area (Å²) in [5.74, 6) is 2.56. The maximum absolute atomic E-state index is 5.85. The molecule has 0 bridgehead atoms.